The van der Waals surface area contributed by atoms with Crippen LogP contribution < -0.4 is 16.4 Å². The van der Waals surface area contributed by atoms with Gasteiger partial charge in [-0.1, -0.05) is 62.5 Å². The van der Waals surface area contributed by atoms with Crippen LogP contribution >= 0.6 is 0 Å². The highest BCUT2D eigenvalue weighted by molar-refractivity contribution is 5.82. The molecule has 0 atom stereocenters. The van der Waals surface area contributed by atoms with Crippen LogP contribution in [-0.2, 0) is 6.42 Å². The molecule has 0 aliphatic rings. The molecule has 1 aromatic heterocycles. The minimum absolute atomic E-state index is 0.00687. The summed E-state index contributed by atoms with van der Waals surface area (Å²) in [5.74, 6) is 0.399. The Kier molecular flexibility index (Phi) is 10.8. The number of aryl methyl sites for hydroxylation is 1. The Bertz CT molecular complexity index is 1160. The van der Waals surface area contributed by atoms with Crippen molar-refractivity contribution in [1.29, 1.82) is 0 Å². The summed E-state index contributed by atoms with van der Waals surface area (Å²) in [6.45, 7) is 9.30. The van der Waals surface area contributed by atoms with E-state index in [2.05, 4.69) is 38.8 Å². The van der Waals surface area contributed by atoms with Gasteiger partial charge in [-0.3, -0.25) is 4.99 Å². The summed E-state index contributed by atoms with van der Waals surface area (Å²) >= 11 is 0. The molecule has 0 radical (unpaired) electrons. The van der Waals surface area contributed by atoms with Crippen LogP contribution in [0.15, 0.2) is 103 Å². The predicted molar refractivity (Wildman–Crippen MR) is 142 cm³/mol. The van der Waals surface area contributed by atoms with Crippen molar-refractivity contribution >= 4 is 17.9 Å². The lowest BCUT2D eigenvalue weighted by Crippen LogP contribution is -2.08. The van der Waals surface area contributed by atoms with Gasteiger partial charge in [-0.05, 0) is 30.2 Å². The molecule has 4 N–H and O–H groups in total. The molecule has 0 aliphatic carbocycles. The number of hydrogen-bond acceptors (Lipinski definition) is 6. The van der Waals surface area contributed by atoms with E-state index in [0.717, 1.165) is 28.2 Å². The Morgan fingerprint density at radius 3 is 2.34 bits per heavy atom. The van der Waals surface area contributed by atoms with Gasteiger partial charge < -0.3 is 16.4 Å². The molecule has 35 heavy (non-hydrogen) atoms. The zero-order valence-electron chi connectivity index (χ0n) is 19.9. The zero-order valence-corrected chi connectivity index (χ0v) is 19.9. The fraction of sp³-hybridized carbons (Fsp3) is 0.148. The summed E-state index contributed by atoms with van der Waals surface area (Å²) in [5.41, 5.74) is 10.3. The highest BCUT2D eigenvalue weighted by Crippen LogP contribution is 2.26. The summed E-state index contributed by atoms with van der Waals surface area (Å²) in [6.07, 6.45) is 4.49. The molecule has 3 rings (SSSR count). The molecule has 1 heterocycles. The fourth-order valence-electron chi connectivity index (χ4n) is 2.94. The molecule has 0 bridgehead atoms. The van der Waals surface area contributed by atoms with Gasteiger partial charge in [-0.25, -0.2) is 18.7 Å². The average molecular weight is 477 g/mol. The molecule has 0 saturated carbocycles. The van der Waals surface area contributed by atoms with Gasteiger partial charge in [-0.15, -0.1) is 0 Å². The van der Waals surface area contributed by atoms with E-state index in [-0.39, 0.29) is 5.56 Å². The van der Waals surface area contributed by atoms with Crippen molar-refractivity contribution in [2.24, 2.45) is 10.7 Å². The van der Waals surface area contributed by atoms with Crippen molar-refractivity contribution in [3.8, 4) is 11.1 Å². The van der Waals surface area contributed by atoms with Crippen molar-refractivity contribution < 1.29 is 8.78 Å². The van der Waals surface area contributed by atoms with Gasteiger partial charge in [0.05, 0.1) is 11.4 Å². The van der Waals surface area contributed by atoms with Crippen LogP contribution in [0.5, 0.6) is 0 Å². The van der Waals surface area contributed by atoms with E-state index < -0.39 is 6.43 Å². The molecule has 182 valence electrons. The Morgan fingerprint density at radius 1 is 1.11 bits per heavy atom. The number of aromatic nitrogens is 2. The molecule has 0 fully saturated rings. The standard InChI is InChI=1S/C17H19F2N5.C10H11N/c1-3-15-14(11-4-6-12(7-5-11)16(18)19)10-22-17(24-15)23-13(8-20)9-21-2;1-3-9(2)11-10-7-5-4-6-8-10/h4-10,16H,3,20H2,1-2H3,(H,22,23,24);3-8,11H,1-2H2/b13-8+,21-9?;. The minimum atomic E-state index is -2.48. The van der Waals surface area contributed by atoms with Gasteiger partial charge in [0.15, 0.2) is 0 Å². The smallest absolute Gasteiger partial charge is 0.263 e. The first-order chi connectivity index (χ1) is 16.9. The molecule has 0 unspecified atom stereocenters. The molecule has 6 nitrogen and oxygen atoms in total. The molecule has 0 spiro atoms. The van der Waals surface area contributed by atoms with Crippen molar-refractivity contribution in [3.05, 3.63) is 109 Å². The summed E-state index contributed by atoms with van der Waals surface area (Å²) < 4.78 is 25.3. The number of rotatable bonds is 9. The largest absolute Gasteiger partial charge is 0.403 e. The van der Waals surface area contributed by atoms with Crippen LogP contribution in [0.2, 0.25) is 0 Å². The van der Waals surface area contributed by atoms with Crippen molar-refractivity contribution in [2.75, 3.05) is 17.7 Å². The van der Waals surface area contributed by atoms with Crippen LogP contribution in [0, 0.1) is 0 Å². The topological polar surface area (TPSA) is 88.2 Å². The van der Waals surface area contributed by atoms with Gasteiger partial charge in [0.1, 0.15) is 0 Å². The number of alkyl halides is 2. The van der Waals surface area contributed by atoms with Crippen LogP contribution in [0.25, 0.3) is 11.1 Å². The van der Waals surface area contributed by atoms with Crippen molar-refractivity contribution in [2.45, 2.75) is 19.8 Å². The summed E-state index contributed by atoms with van der Waals surface area (Å²) in [6, 6.07) is 16.0. The third kappa shape index (κ3) is 8.51. The van der Waals surface area contributed by atoms with Gasteiger partial charge in [0, 0.05) is 48.2 Å². The average Bonchev–Trinajstić information content (AvgIpc) is 2.89. The number of nitrogens with zero attached hydrogens (tertiary/aromatic N) is 3. The highest BCUT2D eigenvalue weighted by Gasteiger charge is 2.11. The Morgan fingerprint density at radius 2 is 1.80 bits per heavy atom. The molecule has 3 aromatic rings. The van der Waals surface area contributed by atoms with Gasteiger partial charge in [-0.2, -0.15) is 0 Å². The second kappa shape index (κ2) is 14.0. The van der Waals surface area contributed by atoms with Crippen LogP contribution in [0.1, 0.15) is 24.6 Å². The third-order valence-electron chi connectivity index (χ3n) is 4.71. The Balaban J connectivity index is 0.000000328. The number of para-hydroxylation sites is 1. The van der Waals surface area contributed by atoms with Gasteiger partial charge in [0.2, 0.25) is 5.95 Å². The van der Waals surface area contributed by atoms with Crippen LogP contribution in [0.3, 0.4) is 0 Å². The number of nitrogens with one attached hydrogen (secondary N) is 2. The van der Waals surface area contributed by atoms with Crippen molar-refractivity contribution in [3.63, 3.8) is 0 Å². The molecule has 0 amide bonds. The van der Waals surface area contributed by atoms with Crippen LogP contribution in [-0.4, -0.2) is 23.2 Å². The number of benzene rings is 2. The minimum Gasteiger partial charge on any atom is -0.403 e. The third-order valence-corrected chi connectivity index (χ3v) is 4.71. The molecular formula is C27H30F2N6. The number of allylic oxidation sites excluding steroid dienone is 2. The number of halogens is 2. The second-order valence-electron chi connectivity index (χ2n) is 7.18. The SMILES string of the molecule is C=CC(=C)Nc1ccccc1.CCc1nc(N/C(C=NC)=C/N)ncc1-c1ccc(C(F)F)cc1. The van der Waals surface area contributed by atoms with E-state index in [1.54, 1.807) is 37.7 Å². The highest BCUT2D eigenvalue weighted by atomic mass is 19.3. The lowest BCUT2D eigenvalue weighted by atomic mass is 10.0. The monoisotopic (exact) mass is 476 g/mol. The molecule has 0 saturated heterocycles. The van der Waals surface area contributed by atoms with E-state index in [9.17, 15) is 8.78 Å². The first kappa shape index (κ1) is 26.9. The van der Waals surface area contributed by atoms with E-state index >= 15 is 0 Å². The first-order valence-electron chi connectivity index (χ1n) is 10.9. The van der Waals surface area contributed by atoms with Crippen LogP contribution in [0.4, 0.5) is 20.4 Å². The zero-order chi connectivity index (χ0) is 25.6. The molecule has 2 aromatic carbocycles. The normalized spacial score (nSPS) is 11.1. The van der Waals surface area contributed by atoms with E-state index in [4.69, 9.17) is 5.73 Å². The lowest BCUT2D eigenvalue weighted by Gasteiger charge is -2.11. The second-order valence-corrected chi connectivity index (χ2v) is 7.18. The maximum atomic E-state index is 12.7. The molecule has 0 aliphatic heterocycles. The predicted octanol–water partition coefficient (Wildman–Crippen LogP) is 6.35. The number of anilines is 2. The maximum Gasteiger partial charge on any atom is 0.263 e. The molecular weight excluding hydrogens is 446 g/mol. The van der Waals surface area contributed by atoms with E-state index in [0.29, 0.717) is 18.1 Å². The number of aliphatic imine (C=N–C) groups is 1. The first-order valence-corrected chi connectivity index (χ1v) is 10.9. The quantitative estimate of drug-likeness (QED) is 0.247. The summed E-state index contributed by atoms with van der Waals surface area (Å²) in [4.78, 5) is 12.6. The van der Waals surface area contributed by atoms with E-state index in [1.807, 2.05) is 37.3 Å². The Labute approximate surface area is 205 Å². The number of hydrogen-bond donors (Lipinski definition) is 3. The summed E-state index contributed by atoms with van der Waals surface area (Å²) in [5, 5.41) is 6.05. The van der Waals surface area contributed by atoms with Gasteiger partial charge in [0.25, 0.3) is 6.43 Å². The van der Waals surface area contributed by atoms with Crippen molar-refractivity contribution in [1.82, 2.24) is 9.97 Å². The lowest BCUT2D eigenvalue weighted by molar-refractivity contribution is 0.151. The Hall–Kier alpha value is -4.33. The number of nitrogens with two attached hydrogens (primary N) is 1. The summed E-state index contributed by atoms with van der Waals surface area (Å²) in [7, 11) is 1.63. The molecule has 8 heteroatoms. The van der Waals surface area contributed by atoms with Gasteiger partial charge >= 0.3 is 0 Å². The maximum absolute atomic E-state index is 12.7. The fourth-order valence-corrected chi connectivity index (χ4v) is 2.94. The van der Waals surface area contributed by atoms with E-state index in [1.165, 1.54) is 18.3 Å².